The van der Waals surface area contributed by atoms with E-state index in [1.54, 1.807) is 0 Å². The van der Waals surface area contributed by atoms with Crippen molar-refractivity contribution in [2.45, 2.75) is 38.2 Å². The first kappa shape index (κ1) is 17.2. The van der Waals surface area contributed by atoms with Crippen LogP contribution in [0.25, 0.3) is 0 Å². The van der Waals surface area contributed by atoms with Crippen molar-refractivity contribution in [1.29, 1.82) is 0 Å². The van der Waals surface area contributed by atoms with E-state index in [0.29, 0.717) is 18.4 Å². The molecule has 0 aliphatic heterocycles. The average molecular weight is 343 g/mol. The first-order valence-electron chi connectivity index (χ1n) is 6.76. The SMILES string of the molecule is O=C(NCc1ccnc(OC(F)F)c1)N[C@@H](C1CC1)C(F)(F)F.[HH].[HH]. The summed E-state index contributed by atoms with van der Waals surface area (Å²) in [5.41, 5.74) is 0.362. The molecular formula is C13H18F5N3O2. The van der Waals surface area contributed by atoms with Gasteiger partial charge in [-0.1, -0.05) is 0 Å². The highest BCUT2D eigenvalue weighted by atomic mass is 19.4. The number of alkyl halides is 5. The minimum absolute atomic E-state index is 0. The molecule has 1 aromatic rings. The Kier molecular flexibility index (Phi) is 5.22. The molecule has 23 heavy (non-hydrogen) atoms. The molecule has 132 valence electrons. The van der Waals surface area contributed by atoms with Crippen molar-refractivity contribution in [2.24, 2.45) is 5.92 Å². The summed E-state index contributed by atoms with van der Waals surface area (Å²) in [5.74, 6) is -0.932. The third-order valence-electron chi connectivity index (χ3n) is 3.19. The number of amides is 2. The molecule has 1 aromatic heterocycles. The molecule has 1 atom stereocenters. The molecule has 1 fully saturated rings. The van der Waals surface area contributed by atoms with E-state index in [4.69, 9.17) is 0 Å². The van der Waals surface area contributed by atoms with Crippen molar-refractivity contribution in [2.75, 3.05) is 0 Å². The number of aromatic nitrogens is 1. The van der Waals surface area contributed by atoms with Gasteiger partial charge in [-0.2, -0.15) is 22.0 Å². The fraction of sp³-hybridized carbons (Fsp3) is 0.538. The van der Waals surface area contributed by atoms with Crippen LogP contribution >= 0.6 is 0 Å². The number of nitrogens with zero attached hydrogens (tertiary/aromatic N) is 1. The zero-order valence-corrected chi connectivity index (χ0v) is 11.7. The number of hydrogen-bond donors (Lipinski definition) is 2. The summed E-state index contributed by atoms with van der Waals surface area (Å²) in [7, 11) is 0. The number of carbonyl (C=O) groups excluding carboxylic acids is 1. The molecule has 2 rings (SSSR count). The molecular weight excluding hydrogens is 325 g/mol. The molecule has 2 amide bonds. The molecule has 10 heteroatoms. The van der Waals surface area contributed by atoms with Crippen LogP contribution in [0.15, 0.2) is 18.3 Å². The fourth-order valence-corrected chi connectivity index (χ4v) is 1.99. The predicted molar refractivity (Wildman–Crippen MR) is 73.0 cm³/mol. The number of carbonyl (C=O) groups is 1. The molecule has 1 aliphatic carbocycles. The van der Waals surface area contributed by atoms with Gasteiger partial charge < -0.3 is 15.4 Å². The monoisotopic (exact) mass is 343 g/mol. The van der Waals surface area contributed by atoms with E-state index in [1.165, 1.54) is 12.3 Å². The number of rotatable bonds is 6. The summed E-state index contributed by atoms with van der Waals surface area (Å²) < 4.78 is 66.5. The first-order valence-corrected chi connectivity index (χ1v) is 6.76. The molecule has 0 saturated heterocycles. The Hall–Kier alpha value is -2.13. The summed E-state index contributed by atoms with van der Waals surface area (Å²) in [6.45, 7) is -3.19. The van der Waals surface area contributed by atoms with Gasteiger partial charge in [-0.3, -0.25) is 0 Å². The van der Waals surface area contributed by atoms with E-state index >= 15 is 0 Å². The lowest BCUT2D eigenvalue weighted by atomic mass is 10.2. The van der Waals surface area contributed by atoms with Crippen LogP contribution < -0.4 is 15.4 Å². The van der Waals surface area contributed by atoms with Gasteiger partial charge in [0.15, 0.2) is 0 Å². The third kappa shape index (κ3) is 5.53. The average Bonchev–Trinajstić information content (AvgIpc) is 3.25. The Labute approximate surface area is 131 Å². The van der Waals surface area contributed by atoms with Gasteiger partial charge in [0.1, 0.15) is 6.04 Å². The summed E-state index contributed by atoms with van der Waals surface area (Å²) >= 11 is 0. The van der Waals surface area contributed by atoms with Crippen LogP contribution in [0.1, 0.15) is 21.3 Å². The van der Waals surface area contributed by atoms with Crippen molar-refractivity contribution in [3.05, 3.63) is 23.9 Å². The second-order valence-corrected chi connectivity index (χ2v) is 5.06. The molecule has 0 bridgehead atoms. The number of hydrogen-bond acceptors (Lipinski definition) is 3. The maximum atomic E-state index is 12.8. The van der Waals surface area contributed by atoms with Crippen LogP contribution in [0, 0.1) is 5.92 Å². The van der Waals surface area contributed by atoms with Gasteiger partial charge in [-0.15, -0.1) is 0 Å². The Bertz CT molecular complexity index is 559. The zero-order chi connectivity index (χ0) is 17.0. The van der Waals surface area contributed by atoms with Crippen molar-refractivity contribution >= 4 is 6.03 Å². The van der Waals surface area contributed by atoms with Crippen LogP contribution in [-0.4, -0.2) is 29.8 Å². The highest BCUT2D eigenvalue weighted by Crippen LogP contribution is 2.40. The second kappa shape index (κ2) is 6.97. The van der Waals surface area contributed by atoms with E-state index in [2.05, 4.69) is 15.0 Å². The molecule has 1 saturated carbocycles. The van der Waals surface area contributed by atoms with Crippen LogP contribution in [0.2, 0.25) is 0 Å². The maximum Gasteiger partial charge on any atom is 0.408 e. The standard InChI is InChI=1S/C13H14F5N3O2.2H2/c14-11(15)23-9-5-7(3-4-19-9)6-20-12(22)21-10(8-1-2-8)13(16,17)18;;/h3-5,8,10-11H,1-2,6H2,(H2,20,21,22);2*1H/t10-;;/m0../s1. The normalized spacial score (nSPS) is 16.1. The maximum absolute atomic E-state index is 12.8. The van der Waals surface area contributed by atoms with Gasteiger partial charge in [-0.05, 0) is 30.4 Å². The van der Waals surface area contributed by atoms with Gasteiger partial charge in [0.2, 0.25) is 5.88 Å². The van der Waals surface area contributed by atoms with Gasteiger partial charge in [0.05, 0.1) is 0 Å². The molecule has 0 spiro atoms. The summed E-state index contributed by atoms with van der Waals surface area (Å²) in [6.07, 6.45) is -2.48. The van der Waals surface area contributed by atoms with Crippen molar-refractivity contribution in [1.82, 2.24) is 15.6 Å². The molecule has 0 aromatic carbocycles. The first-order chi connectivity index (χ1) is 10.8. The number of ether oxygens (including phenoxy) is 1. The van der Waals surface area contributed by atoms with E-state index in [0.717, 1.165) is 6.07 Å². The Morgan fingerprint density at radius 3 is 2.70 bits per heavy atom. The quantitative estimate of drug-likeness (QED) is 0.779. The zero-order valence-electron chi connectivity index (χ0n) is 11.7. The van der Waals surface area contributed by atoms with Crippen LogP contribution in [0.3, 0.4) is 0 Å². The van der Waals surface area contributed by atoms with Crippen molar-refractivity contribution < 1.29 is 34.3 Å². The lowest BCUT2D eigenvalue weighted by molar-refractivity contribution is -0.157. The fourth-order valence-electron chi connectivity index (χ4n) is 1.99. The summed E-state index contributed by atoms with van der Waals surface area (Å²) in [5, 5.41) is 4.14. The molecule has 1 aliphatic rings. The Balaban J connectivity index is 0.00000288. The highest BCUT2D eigenvalue weighted by Gasteiger charge is 2.49. The third-order valence-corrected chi connectivity index (χ3v) is 3.19. The molecule has 5 nitrogen and oxygen atoms in total. The lowest BCUT2D eigenvalue weighted by Crippen LogP contribution is -2.50. The minimum atomic E-state index is -4.51. The van der Waals surface area contributed by atoms with Gasteiger partial charge >= 0.3 is 18.8 Å². The summed E-state index contributed by atoms with van der Waals surface area (Å²) in [4.78, 5) is 15.1. The van der Waals surface area contributed by atoms with Crippen molar-refractivity contribution in [3.8, 4) is 5.88 Å². The highest BCUT2D eigenvalue weighted by molar-refractivity contribution is 5.74. The van der Waals surface area contributed by atoms with Crippen LogP contribution in [0.4, 0.5) is 26.7 Å². The van der Waals surface area contributed by atoms with Crippen molar-refractivity contribution in [3.63, 3.8) is 0 Å². The molecule has 2 N–H and O–H groups in total. The second-order valence-electron chi connectivity index (χ2n) is 5.06. The topological polar surface area (TPSA) is 63.2 Å². The van der Waals surface area contributed by atoms with E-state index in [1.807, 2.05) is 5.32 Å². The minimum Gasteiger partial charge on any atom is -0.417 e. The van der Waals surface area contributed by atoms with Crippen LogP contribution in [0.5, 0.6) is 5.88 Å². The summed E-state index contributed by atoms with van der Waals surface area (Å²) in [6, 6.07) is -0.278. The smallest absolute Gasteiger partial charge is 0.408 e. The van der Waals surface area contributed by atoms with Crippen LogP contribution in [-0.2, 0) is 6.54 Å². The Morgan fingerprint density at radius 1 is 1.43 bits per heavy atom. The van der Waals surface area contributed by atoms with E-state index in [-0.39, 0.29) is 15.3 Å². The van der Waals surface area contributed by atoms with Gasteiger partial charge in [0.25, 0.3) is 0 Å². The van der Waals surface area contributed by atoms with E-state index in [9.17, 15) is 26.7 Å². The van der Waals surface area contributed by atoms with E-state index < -0.39 is 30.8 Å². The van der Waals surface area contributed by atoms with Gasteiger partial charge in [-0.25, -0.2) is 9.78 Å². The molecule has 0 radical (unpaired) electrons. The number of pyridine rings is 1. The largest absolute Gasteiger partial charge is 0.417 e. The molecule has 1 heterocycles. The predicted octanol–water partition coefficient (Wildman–Crippen LogP) is 3.32. The van der Waals surface area contributed by atoms with Gasteiger partial charge in [0, 0.05) is 21.7 Å². The number of nitrogens with one attached hydrogen (secondary N) is 2. The molecule has 0 unspecified atom stereocenters. The Morgan fingerprint density at radius 2 is 2.13 bits per heavy atom. The number of halogens is 5. The lowest BCUT2D eigenvalue weighted by Gasteiger charge is -2.21. The number of urea groups is 1.